The van der Waals surface area contributed by atoms with Gasteiger partial charge < -0.3 is 14.8 Å². The normalized spacial score (nSPS) is 12.0. The van der Waals surface area contributed by atoms with Gasteiger partial charge in [0.25, 0.3) is 0 Å². The summed E-state index contributed by atoms with van der Waals surface area (Å²) < 4.78 is 6.31. The van der Waals surface area contributed by atoms with Crippen LogP contribution >= 0.6 is 15.9 Å². The Labute approximate surface area is 165 Å². The van der Waals surface area contributed by atoms with Crippen LogP contribution in [0.25, 0.3) is 10.9 Å². The number of fused-ring (bicyclic) bond motifs is 1. The molecule has 1 amide bonds. The smallest absolute Gasteiger partial charge is 0.302 e. The molecule has 140 valence electrons. The quantitative estimate of drug-likeness (QED) is 0.527. The van der Waals surface area contributed by atoms with Crippen LogP contribution in [-0.4, -0.2) is 22.6 Å². The fourth-order valence-electron chi connectivity index (χ4n) is 2.57. The van der Waals surface area contributed by atoms with Gasteiger partial charge in [-0.15, -0.1) is 10.2 Å². The van der Waals surface area contributed by atoms with Gasteiger partial charge in [0.05, 0.1) is 9.99 Å². The highest BCUT2D eigenvalue weighted by Gasteiger charge is 2.16. The summed E-state index contributed by atoms with van der Waals surface area (Å²) in [7, 11) is 0. The maximum absolute atomic E-state index is 12.0. The van der Waals surface area contributed by atoms with E-state index in [9.17, 15) is 9.90 Å². The number of nitrogens with one attached hydrogen (secondary N) is 1. The molecule has 2 aromatic carbocycles. The number of rotatable bonds is 4. The number of carbonyl (C=O) groups excluding carboxylic acids is 1. The standard InChI is InChI=1S/C20H20BrN3O3/c1-20(2,3)12-8-9-16(14(21)10-12)27-11-17(25)23-24-18-13-6-4-5-7-15(13)22-19(18)26/h4-10,22,26H,11H2,1-3H3. The Kier molecular flexibility index (Phi) is 5.32. The lowest BCUT2D eigenvalue weighted by molar-refractivity contribution is -0.120. The van der Waals surface area contributed by atoms with Gasteiger partial charge in [-0.2, -0.15) is 0 Å². The van der Waals surface area contributed by atoms with Crippen molar-refractivity contribution in [2.45, 2.75) is 26.2 Å². The number of H-pyrrole nitrogens is 1. The number of amides is 1. The Bertz CT molecular complexity index is 1020. The second-order valence-corrected chi connectivity index (χ2v) is 8.00. The van der Waals surface area contributed by atoms with Crippen molar-refractivity contribution in [3.05, 3.63) is 52.5 Å². The van der Waals surface area contributed by atoms with Crippen LogP contribution in [0.3, 0.4) is 0 Å². The number of nitrogens with zero attached hydrogens (tertiary/aromatic N) is 2. The second-order valence-electron chi connectivity index (χ2n) is 7.15. The van der Waals surface area contributed by atoms with Crippen LogP contribution in [0.5, 0.6) is 11.6 Å². The maximum atomic E-state index is 12.0. The van der Waals surface area contributed by atoms with Crippen molar-refractivity contribution in [2.75, 3.05) is 6.61 Å². The largest absolute Gasteiger partial charge is 0.493 e. The summed E-state index contributed by atoms with van der Waals surface area (Å²) in [4.78, 5) is 14.8. The number of hydrogen-bond donors (Lipinski definition) is 2. The van der Waals surface area contributed by atoms with Crippen molar-refractivity contribution < 1.29 is 14.6 Å². The van der Waals surface area contributed by atoms with E-state index in [1.165, 1.54) is 0 Å². The highest BCUT2D eigenvalue weighted by atomic mass is 79.9. The summed E-state index contributed by atoms with van der Waals surface area (Å²) in [5.41, 5.74) is 2.12. The molecule has 2 N–H and O–H groups in total. The maximum Gasteiger partial charge on any atom is 0.302 e. The fourth-order valence-corrected chi connectivity index (χ4v) is 3.07. The highest BCUT2D eigenvalue weighted by molar-refractivity contribution is 9.10. The predicted molar refractivity (Wildman–Crippen MR) is 108 cm³/mol. The number of azo groups is 1. The molecular weight excluding hydrogens is 410 g/mol. The summed E-state index contributed by atoms with van der Waals surface area (Å²) in [5, 5.41) is 18.1. The van der Waals surface area contributed by atoms with Gasteiger partial charge in [0.15, 0.2) is 12.3 Å². The molecule has 7 heteroatoms. The molecule has 3 aromatic rings. The van der Waals surface area contributed by atoms with Crippen molar-refractivity contribution in [3.8, 4) is 11.6 Å². The number of carbonyl (C=O) groups is 1. The van der Waals surface area contributed by atoms with Crippen molar-refractivity contribution >= 4 is 38.4 Å². The molecule has 0 bridgehead atoms. The number of aromatic hydroxyl groups is 1. The average molecular weight is 430 g/mol. The Morgan fingerprint density at radius 1 is 1.22 bits per heavy atom. The zero-order chi connectivity index (χ0) is 19.6. The molecule has 0 spiro atoms. The van der Waals surface area contributed by atoms with E-state index in [1.807, 2.05) is 30.3 Å². The monoisotopic (exact) mass is 429 g/mol. The number of para-hydroxylation sites is 1. The van der Waals surface area contributed by atoms with Crippen LogP contribution in [-0.2, 0) is 10.2 Å². The summed E-state index contributed by atoms with van der Waals surface area (Å²) in [5.74, 6) is -0.123. The van der Waals surface area contributed by atoms with Crippen molar-refractivity contribution in [2.24, 2.45) is 10.2 Å². The van der Waals surface area contributed by atoms with E-state index in [0.29, 0.717) is 11.1 Å². The van der Waals surface area contributed by atoms with E-state index >= 15 is 0 Å². The number of ether oxygens (including phenoxy) is 1. The highest BCUT2D eigenvalue weighted by Crippen LogP contribution is 2.35. The third-order valence-electron chi connectivity index (χ3n) is 4.07. The van der Waals surface area contributed by atoms with E-state index in [1.54, 1.807) is 12.1 Å². The second kappa shape index (κ2) is 7.52. The molecule has 1 heterocycles. The van der Waals surface area contributed by atoms with E-state index < -0.39 is 5.91 Å². The van der Waals surface area contributed by atoms with Gasteiger partial charge in [-0.25, -0.2) is 0 Å². The Hall–Kier alpha value is -2.67. The fraction of sp³-hybridized carbons (Fsp3) is 0.250. The molecule has 0 fully saturated rings. The Morgan fingerprint density at radius 3 is 2.67 bits per heavy atom. The minimum atomic E-state index is -0.550. The van der Waals surface area contributed by atoms with Gasteiger partial charge in [-0.3, -0.25) is 4.79 Å². The summed E-state index contributed by atoms with van der Waals surface area (Å²) in [6.07, 6.45) is 0. The van der Waals surface area contributed by atoms with Crippen molar-refractivity contribution in [1.29, 1.82) is 0 Å². The molecule has 0 aliphatic heterocycles. The van der Waals surface area contributed by atoms with Crippen molar-refractivity contribution in [1.82, 2.24) is 4.98 Å². The summed E-state index contributed by atoms with van der Waals surface area (Å²) in [6.45, 7) is 6.12. The number of halogens is 1. The molecule has 0 saturated carbocycles. The summed E-state index contributed by atoms with van der Waals surface area (Å²) in [6, 6.07) is 13.0. The molecule has 0 aliphatic rings. The van der Waals surface area contributed by atoms with Gasteiger partial charge in [0.2, 0.25) is 5.88 Å². The summed E-state index contributed by atoms with van der Waals surface area (Å²) >= 11 is 3.47. The minimum absolute atomic E-state index is 0.0203. The topological polar surface area (TPSA) is 87.0 Å². The Balaban J connectivity index is 1.68. The number of aromatic nitrogens is 1. The first-order valence-corrected chi connectivity index (χ1v) is 9.22. The van der Waals surface area contributed by atoms with Crippen LogP contribution in [0.1, 0.15) is 26.3 Å². The molecule has 0 atom stereocenters. The molecule has 0 saturated heterocycles. The van der Waals surface area contributed by atoms with Gasteiger partial charge in [0.1, 0.15) is 5.75 Å². The first kappa shape index (κ1) is 19.1. The minimum Gasteiger partial charge on any atom is -0.493 e. The van der Waals surface area contributed by atoms with Gasteiger partial charge in [-0.05, 0) is 45.1 Å². The van der Waals surface area contributed by atoms with E-state index in [-0.39, 0.29) is 23.6 Å². The van der Waals surface area contributed by atoms with Crippen LogP contribution in [0.4, 0.5) is 5.69 Å². The molecule has 1 aromatic heterocycles. The molecule has 27 heavy (non-hydrogen) atoms. The van der Waals surface area contributed by atoms with Gasteiger partial charge >= 0.3 is 5.91 Å². The van der Waals surface area contributed by atoms with Gasteiger partial charge in [0, 0.05) is 5.39 Å². The SMILES string of the molecule is CC(C)(C)c1ccc(OCC(=O)N=Nc2c(O)[nH]c3ccccc23)c(Br)c1. The van der Waals surface area contributed by atoms with Crippen LogP contribution < -0.4 is 4.74 Å². The van der Waals surface area contributed by atoms with E-state index in [0.717, 1.165) is 15.6 Å². The van der Waals surface area contributed by atoms with E-state index in [2.05, 4.69) is 51.9 Å². The molecule has 3 rings (SSSR count). The lowest BCUT2D eigenvalue weighted by atomic mass is 9.87. The molecule has 6 nitrogen and oxygen atoms in total. The third-order valence-corrected chi connectivity index (χ3v) is 4.69. The Morgan fingerprint density at radius 2 is 1.96 bits per heavy atom. The van der Waals surface area contributed by atoms with Crippen LogP contribution in [0.15, 0.2) is 57.2 Å². The molecular formula is C20H20BrN3O3. The van der Waals surface area contributed by atoms with Crippen molar-refractivity contribution in [3.63, 3.8) is 0 Å². The van der Waals surface area contributed by atoms with Crippen LogP contribution in [0.2, 0.25) is 0 Å². The number of aromatic amines is 1. The first-order valence-electron chi connectivity index (χ1n) is 8.43. The third kappa shape index (κ3) is 4.36. The lowest BCUT2D eigenvalue weighted by Crippen LogP contribution is -2.12. The predicted octanol–water partition coefficient (Wildman–Crippen LogP) is 5.62. The first-order chi connectivity index (χ1) is 12.8. The lowest BCUT2D eigenvalue weighted by Gasteiger charge is -2.20. The molecule has 0 aliphatic carbocycles. The zero-order valence-corrected chi connectivity index (χ0v) is 16.9. The molecule has 0 unspecified atom stereocenters. The average Bonchev–Trinajstić information content (AvgIpc) is 2.93. The van der Waals surface area contributed by atoms with E-state index in [4.69, 9.17) is 4.74 Å². The van der Waals surface area contributed by atoms with Gasteiger partial charge in [-0.1, -0.05) is 45.0 Å². The van der Waals surface area contributed by atoms with Crippen LogP contribution in [0, 0.1) is 0 Å². The molecule has 0 radical (unpaired) electrons. The zero-order valence-electron chi connectivity index (χ0n) is 15.3. The number of benzene rings is 2. The number of hydrogen-bond acceptors (Lipinski definition) is 4.